The zero-order valence-corrected chi connectivity index (χ0v) is 15.4. The number of pyridine rings is 1. The smallest absolute Gasteiger partial charge is 0.246 e. The molecule has 142 valence electrons. The van der Waals surface area contributed by atoms with Crippen molar-refractivity contribution in [2.45, 2.75) is 19.3 Å². The number of aryl methyl sites for hydroxylation is 1. The van der Waals surface area contributed by atoms with Gasteiger partial charge in [-0.1, -0.05) is 6.08 Å². The minimum Gasteiger partial charge on any atom is -0.338 e. The summed E-state index contributed by atoms with van der Waals surface area (Å²) >= 11 is 0. The van der Waals surface area contributed by atoms with E-state index in [1.54, 1.807) is 18.5 Å². The molecule has 2 aliphatic heterocycles. The summed E-state index contributed by atoms with van der Waals surface area (Å²) in [6, 6.07) is 3.92. The van der Waals surface area contributed by atoms with E-state index in [9.17, 15) is 9.59 Å². The molecule has 7 nitrogen and oxygen atoms in total. The lowest BCUT2D eigenvalue weighted by Gasteiger charge is -2.16. The van der Waals surface area contributed by atoms with Crippen molar-refractivity contribution in [2.75, 3.05) is 18.4 Å². The number of nitrogens with zero attached hydrogens (tertiary/aromatic N) is 4. The predicted molar refractivity (Wildman–Crippen MR) is 105 cm³/mol. The highest BCUT2D eigenvalue weighted by Gasteiger charge is 2.38. The fourth-order valence-electron chi connectivity index (χ4n) is 4.31. The third-order valence-corrected chi connectivity index (χ3v) is 5.77. The lowest BCUT2D eigenvalue weighted by atomic mass is 10.0. The van der Waals surface area contributed by atoms with Crippen LogP contribution in [0.15, 0.2) is 42.9 Å². The monoisotopic (exact) mass is 375 g/mol. The first-order valence-corrected chi connectivity index (χ1v) is 9.62. The Balaban J connectivity index is 1.23. The Labute approximate surface area is 162 Å². The molecule has 2 aromatic rings. The molecule has 1 N–H and O–H groups in total. The molecule has 2 unspecified atom stereocenters. The molecule has 0 bridgehead atoms. The summed E-state index contributed by atoms with van der Waals surface area (Å²) < 4.78 is 1.93. The second-order valence-corrected chi connectivity index (χ2v) is 7.64. The number of hydrogen-bond acceptors (Lipinski definition) is 4. The van der Waals surface area contributed by atoms with Gasteiger partial charge in [0.05, 0.1) is 0 Å². The van der Waals surface area contributed by atoms with Crippen molar-refractivity contribution < 1.29 is 9.59 Å². The van der Waals surface area contributed by atoms with Crippen LogP contribution >= 0.6 is 0 Å². The molecule has 0 aromatic carbocycles. The van der Waals surface area contributed by atoms with Crippen LogP contribution in [0, 0.1) is 11.8 Å². The Bertz CT molecular complexity index is 992. The number of allylic oxidation sites excluding steroid dienone is 1. The molecule has 1 aliphatic carbocycles. The summed E-state index contributed by atoms with van der Waals surface area (Å²) in [6.07, 6.45) is 13.3. The van der Waals surface area contributed by atoms with Crippen molar-refractivity contribution in [3.8, 4) is 0 Å². The molecule has 2 aromatic heterocycles. The van der Waals surface area contributed by atoms with Crippen LogP contribution in [0.1, 0.15) is 24.0 Å². The highest BCUT2D eigenvalue weighted by Crippen LogP contribution is 2.38. The van der Waals surface area contributed by atoms with Crippen LogP contribution in [-0.2, 0) is 16.0 Å². The maximum absolute atomic E-state index is 12.6. The van der Waals surface area contributed by atoms with Crippen molar-refractivity contribution in [2.24, 2.45) is 11.8 Å². The normalized spacial score (nSPS) is 23.5. The Morgan fingerprint density at radius 1 is 1.29 bits per heavy atom. The number of carbonyl (C=O) groups excluding carboxylic acids is 2. The van der Waals surface area contributed by atoms with Gasteiger partial charge in [-0.3, -0.25) is 9.59 Å². The SMILES string of the molecule is O=C1CCc2cc(/C=C/C(=O)N3CC4C=C(n5cccn5)CC4C3)cnc2N1. The molecular formula is C21H21N5O2. The number of aromatic nitrogens is 3. The second-order valence-electron chi connectivity index (χ2n) is 7.64. The summed E-state index contributed by atoms with van der Waals surface area (Å²) in [5.74, 6) is 1.56. The van der Waals surface area contributed by atoms with Gasteiger partial charge in [0.1, 0.15) is 5.82 Å². The minimum absolute atomic E-state index is 0.00261. The number of likely N-dealkylation sites (tertiary alicyclic amines) is 1. The van der Waals surface area contributed by atoms with Gasteiger partial charge in [0, 0.05) is 55.8 Å². The van der Waals surface area contributed by atoms with E-state index in [2.05, 4.69) is 21.5 Å². The van der Waals surface area contributed by atoms with E-state index >= 15 is 0 Å². The fourth-order valence-corrected chi connectivity index (χ4v) is 4.31. The number of amides is 2. The second kappa shape index (κ2) is 6.74. The number of rotatable bonds is 3. The highest BCUT2D eigenvalue weighted by atomic mass is 16.2. The fraction of sp³-hybridized carbons (Fsp3) is 0.333. The molecule has 7 heteroatoms. The summed E-state index contributed by atoms with van der Waals surface area (Å²) in [4.78, 5) is 30.3. The van der Waals surface area contributed by atoms with E-state index in [1.165, 1.54) is 5.70 Å². The Hall–Kier alpha value is -3.22. The van der Waals surface area contributed by atoms with Gasteiger partial charge in [-0.05, 0) is 48.1 Å². The van der Waals surface area contributed by atoms with E-state index in [1.807, 2.05) is 34.0 Å². The van der Waals surface area contributed by atoms with Crippen molar-refractivity contribution in [1.29, 1.82) is 0 Å². The van der Waals surface area contributed by atoms with E-state index < -0.39 is 0 Å². The van der Waals surface area contributed by atoms with Gasteiger partial charge in [0.2, 0.25) is 11.8 Å². The van der Waals surface area contributed by atoms with Crippen molar-refractivity contribution >= 4 is 29.4 Å². The van der Waals surface area contributed by atoms with Crippen LogP contribution < -0.4 is 5.32 Å². The molecule has 3 aliphatic rings. The first kappa shape index (κ1) is 16.9. The molecule has 5 rings (SSSR count). The van der Waals surface area contributed by atoms with E-state index in [0.29, 0.717) is 30.5 Å². The van der Waals surface area contributed by atoms with Crippen molar-refractivity contribution in [3.05, 3.63) is 54.0 Å². The lowest BCUT2D eigenvalue weighted by Crippen LogP contribution is -2.27. The number of fused-ring (bicyclic) bond motifs is 2. The topological polar surface area (TPSA) is 80.1 Å². The quantitative estimate of drug-likeness (QED) is 0.834. The van der Waals surface area contributed by atoms with Crippen molar-refractivity contribution in [1.82, 2.24) is 19.7 Å². The van der Waals surface area contributed by atoms with E-state index in [-0.39, 0.29) is 11.8 Å². The van der Waals surface area contributed by atoms with Crippen LogP contribution in [0.4, 0.5) is 5.82 Å². The predicted octanol–water partition coefficient (Wildman–Crippen LogP) is 2.20. The Morgan fingerprint density at radius 2 is 2.21 bits per heavy atom. The summed E-state index contributed by atoms with van der Waals surface area (Å²) in [7, 11) is 0. The average Bonchev–Trinajstić information content (AvgIpc) is 3.41. The Kier molecular flexibility index (Phi) is 4.07. The van der Waals surface area contributed by atoms with Gasteiger partial charge in [-0.15, -0.1) is 0 Å². The number of nitrogens with one attached hydrogen (secondary N) is 1. The molecule has 0 saturated carbocycles. The minimum atomic E-state index is 0.00261. The third kappa shape index (κ3) is 3.13. The van der Waals surface area contributed by atoms with E-state index in [4.69, 9.17) is 0 Å². The Morgan fingerprint density at radius 3 is 3.04 bits per heavy atom. The maximum Gasteiger partial charge on any atom is 0.246 e. The van der Waals surface area contributed by atoms with E-state index in [0.717, 1.165) is 30.6 Å². The number of anilines is 1. The van der Waals surface area contributed by atoms with Crippen molar-refractivity contribution in [3.63, 3.8) is 0 Å². The van der Waals surface area contributed by atoms with Gasteiger partial charge in [0.25, 0.3) is 0 Å². The molecule has 2 atom stereocenters. The average molecular weight is 375 g/mol. The largest absolute Gasteiger partial charge is 0.338 e. The summed E-state index contributed by atoms with van der Waals surface area (Å²) in [5.41, 5.74) is 3.12. The number of hydrogen-bond donors (Lipinski definition) is 1. The third-order valence-electron chi connectivity index (χ3n) is 5.77. The van der Waals surface area contributed by atoms with Crippen LogP contribution in [0.5, 0.6) is 0 Å². The molecule has 4 heterocycles. The van der Waals surface area contributed by atoms with Gasteiger partial charge in [-0.25, -0.2) is 9.67 Å². The zero-order valence-electron chi connectivity index (χ0n) is 15.4. The molecule has 0 radical (unpaired) electrons. The summed E-state index contributed by atoms with van der Waals surface area (Å²) in [6.45, 7) is 1.54. The molecular weight excluding hydrogens is 354 g/mol. The summed E-state index contributed by atoms with van der Waals surface area (Å²) in [5, 5.41) is 7.08. The van der Waals surface area contributed by atoms with Gasteiger partial charge in [-0.2, -0.15) is 5.10 Å². The number of carbonyl (C=O) groups is 2. The molecule has 0 spiro atoms. The zero-order chi connectivity index (χ0) is 19.1. The molecule has 2 amide bonds. The first-order chi connectivity index (χ1) is 13.7. The first-order valence-electron chi connectivity index (χ1n) is 9.62. The molecule has 1 saturated heterocycles. The lowest BCUT2D eigenvalue weighted by molar-refractivity contribution is -0.125. The van der Waals surface area contributed by atoms with Gasteiger partial charge >= 0.3 is 0 Å². The maximum atomic E-state index is 12.6. The van der Waals surface area contributed by atoms with Crippen LogP contribution in [-0.4, -0.2) is 44.6 Å². The van der Waals surface area contributed by atoms with Crippen LogP contribution in [0.25, 0.3) is 11.8 Å². The van der Waals surface area contributed by atoms with Crippen LogP contribution in [0.2, 0.25) is 0 Å². The molecule has 28 heavy (non-hydrogen) atoms. The standard InChI is InChI=1S/C21H21N5O2/c27-19-4-3-15-8-14(11-22-21(15)24-19)2-5-20(28)25-12-16-9-18(10-17(16)13-25)26-7-1-6-23-26/h1-2,5-9,11,16-17H,3-4,10,12-13H2,(H,22,24,27)/b5-2+. The van der Waals surface area contributed by atoms with Gasteiger partial charge < -0.3 is 10.2 Å². The molecule has 1 fully saturated rings. The van der Waals surface area contributed by atoms with Crippen LogP contribution in [0.3, 0.4) is 0 Å². The highest BCUT2D eigenvalue weighted by molar-refractivity contribution is 5.94. The van der Waals surface area contributed by atoms with Gasteiger partial charge in [0.15, 0.2) is 0 Å².